The van der Waals surface area contributed by atoms with Crippen molar-refractivity contribution in [3.05, 3.63) is 34.1 Å². The zero-order chi connectivity index (χ0) is 15.1. The second-order valence-electron chi connectivity index (χ2n) is 4.56. The van der Waals surface area contributed by atoms with E-state index in [1.807, 2.05) is 6.92 Å². The van der Waals surface area contributed by atoms with Gasteiger partial charge in [-0.15, -0.1) is 0 Å². The summed E-state index contributed by atoms with van der Waals surface area (Å²) in [5.74, 6) is 0.333. The average molecular weight is 297 g/mol. The first-order valence-corrected chi connectivity index (χ1v) is 7.62. The van der Waals surface area contributed by atoms with Crippen molar-refractivity contribution < 1.29 is 17.3 Å². The number of rotatable bonds is 3. The summed E-state index contributed by atoms with van der Waals surface area (Å²) < 4.78 is 33.9. The zero-order valence-electron chi connectivity index (χ0n) is 11.6. The Balaban J connectivity index is 2.81. The SMILES string of the molecule is COc1cc2c(=O)c(OS(C)(=O)=O)cn(C)c2cc1C. The van der Waals surface area contributed by atoms with Gasteiger partial charge in [0.1, 0.15) is 5.75 Å². The molecule has 108 valence electrons. The Morgan fingerprint density at radius 3 is 2.40 bits per heavy atom. The fourth-order valence-electron chi connectivity index (χ4n) is 2.03. The summed E-state index contributed by atoms with van der Waals surface area (Å²) in [4.78, 5) is 12.3. The molecule has 0 aliphatic rings. The third-order valence-electron chi connectivity index (χ3n) is 2.91. The van der Waals surface area contributed by atoms with Gasteiger partial charge in [-0.05, 0) is 24.6 Å². The van der Waals surface area contributed by atoms with Crippen molar-refractivity contribution in [3.63, 3.8) is 0 Å². The number of nitrogens with zero attached hydrogens (tertiary/aromatic N) is 1. The van der Waals surface area contributed by atoms with Crippen LogP contribution in [-0.4, -0.2) is 26.4 Å². The number of benzene rings is 1. The summed E-state index contributed by atoms with van der Waals surface area (Å²) >= 11 is 0. The van der Waals surface area contributed by atoms with Crippen molar-refractivity contribution in [2.45, 2.75) is 6.92 Å². The molecule has 0 aliphatic carbocycles. The molecule has 0 saturated carbocycles. The molecule has 0 spiro atoms. The van der Waals surface area contributed by atoms with E-state index in [-0.39, 0.29) is 5.75 Å². The summed E-state index contributed by atoms with van der Waals surface area (Å²) in [7, 11) is -0.533. The molecule has 1 aromatic heterocycles. The number of pyridine rings is 1. The van der Waals surface area contributed by atoms with E-state index in [1.54, 1.807) is 23.7 Å². The van der Waals surface area contributed by atoms with Gasteiger partial charge < -0.3 is 13.5 Å². The van der Waals surface area contributed by atoms with Crippen molar-refractivity contribution in [2.24, 2.45) is 7.05 Å². The molecular weight excluding hydrogens is 282 g/mol. The van der Waals surface area contributed by atoms with Crippen LogP contribution in [0.3, 0.4) is 0 Å². The van der Waals surface area contributed by atoms with E-state index in [0.29, 0.717) is 16.7 Å². The lowest BCUT2D eigenvalue weighted by Gasteiger charge is -2.12. The topological polar surface area (TPSA) is 74.6 Å². The number of hydrogen-bond donors (Lipinski definition) is 0. The van der Waals surface area contributed by atoms with Gasteiger partial charge in [0, 0.05) is 7.05 Å². The Morgan fingerprint density at radius 1 is 1.20 bits per heavy atom. The molecule has 20 heavy (non-hydrogen) atoms. The average Bonchev–Trinajstić information content (AvgIpc) is 2.33. The van der Waals surface area contributed by atoms with Crippen LogP contribution in [-0.2, 0) is 17.2 Å². The molecule has 0 unspecified atom stereocenters. The van der Waals surface area contributed by atoms with Crippen LogP contribution < -0.4 is 14.3 Å². The van der Waals surface area contributed by atoms with Crippen molar-refractivity contribution in [2.75, 3.05) is 13.4 Å². The van der Waals surface area contributed by atoms with Crippen molar-refractivity contribution in [1.82, 2.24) is 4.57 Å². The predicted molar refractivity (Wildman–Crippen MR) is 75.9 cm³/mol. The number of ether oxygens (including phenoxy) is 1. The summed E-state index contributed by atoms with van der Waals surface area (Å²) in [6.07, 6.45) is 2.25. The van der Waals surface area contributed by atoms with E-state index < -0.39 is 15.5 Å². The van der Waals surface area contributed by atoms with Crippen molar-refractivity contribution in [3.8, 4) is 11.5 Å². The Labute approximate surface area is 116 Å². The van der Waals surface area contributed by atoms with Crippen LogP contribution in [0.25, 0.3) is 10.9 Å². The minimum absolute atomic E-state index is 0.228. The number of aromatic nitrogens is 1. The first-order valence-electron chi connectivity index (χ1n) is 5.80. The molecule has 0 N–H and O–H groups in total. The number of fused-ring (bicyclic) bond motifs is 1. The lowest BCUT2D eigenvalue weighted by atomic mass is 10.1. The Hall–Kier alpha value is -2.02. The highest BCUT2D eigenvalue weighted by atomic mass is 32.2. The molecular formula is C13H15NO5S. The van der Waals surface area contributed by atoms with Crippen molar-refractivity contribution >= 4 is 21.0 Å². The Bertz CT molecular complexity index is 836. The molecule has 0 fully saturated rings. The fourth-order valence-corrected chi connectivity index (χ4v) is 2.47. The second-order valence-corrected chi connectivity index (χ2v) is 6.13. The molecule has 0 saturated heterocycles. The third kappa shape index (κ3) is 2.62. The molecule has 1 heterocycles. The molecule has 2 rings (SSSR count). The lowest BCUT2D eigenvalue weighted by Crippen LogP contribution is -2.16. The van der Waals surface area contributed by atoms with Crippen molar-refractivity contribution in [1.29, 1.82) is 0 Å². The van der Waals surface area contributed by atoms with Gasteiger partial charge in [-0.1, -0.05) is 0 Å². The molecule has 0 atom stereocenters. The zero-order valence-corrected chi connectivity index (χ0v) is 12.4. The predicted octanol–water partition coefficient (Wildman–Crippen LogP) is 1.19. The van der Waals surface area contributed by atoms with Crippen LogP contribution in [0.5, 0.6) is 11.5 Å². The van der Waals surface area contributed by atoms with E-state index in [1.165, 1.54) is 13.3 Å². The van der Waals surface area contributed by atoms with Crippen LogP contribution >= 0.6 is 0 Å². The van der Waals surface area contributed by atoms with Crippen LogP contribution in [0.1, 0.15) is 5.56 Å². The summed E-state index contributed by atoms with van der Waals surface area (Å²) in [6, 6.07) is 3.39. The molecule has 2 aromatic rings. The maximum atomic E-state index is 12.3. The van der Waals surface area contributed by atoms with E-state index in [0.717, 1.165) is 11.8 Å². The highest BCUT2D eigenvalue weighted by molar-refractivity contribution is 7.86. The van der Waals surface area contributed by atoms with Crippen LogP contribution in [0.15, 0.2) is 23.1 Å². The smallest absolute Gasteiger partial charge is 0.306 e. The van der Waals surface area contributed by atoms with Gasteiger partial charge in [-0.2, -0.15) is 8.42 Å². The molecule has 6 nitrogen and oxygen atoms in total. The molecule has 0 aliphatic heterocycles. The largest absolute Gasteiger partial charge is 0.496 e. The lowest BCUT2D eigenvalue weighted by molar-refractivity contribution is 0.412. The van der Waals surface area contributed by atoms with Crippen LogP contribution in [0.4, 0.5) is 0 Å². The number of aryl methyl sites for hydroxylation is 2. The van der Waals surface area contributed by atoms with E-state index in [2.05, 4.69) is 0 Å². The fraction of sp³-hybridized carbons (Fsp3) is 0.308. The van der Waals surface area contributed by atoms with E-state index >= 15 is 0 Å². The molecule has 7 heteroatoms. The first-order chi connectivity index (χ1) is 9.23. The Kier molecular flexibility index (Phi) is 3.47. The van der Waals surface area contributed by atoms with Gasteiger partial charge in [0.2, 0.25) is 11.2 Å². The molecule has 0 amide bonds. The van der Waals surface area contributed by atoms with Gasteiger partial charge >= 0.3 is 10.1 Å². The van der Waals surface area contributed by atoms with Gasteiger partial charge in [0.05, 0.1) is 30.5 Å². The summed E-state index contributed by atoms with van der Waals surface area (Å²) in [5, 5.41) is 0.344. The van der Waals surface area contributed by atoms with Gasteiger partial charge in [0.15, 0.2) is 0 Å². The maximum absolute atomic E-state index is 12.3. The normalized spacial score (nSPS) is 11.6. The Morgan fingerprint density at radius 2 is 1.85 bits per heavy atom. The highest BCUT2D eigenvalue weighted by Gasteiger charge is 2.14. The molecule has 0 bridgehead atoms. The summed E-state index contributed by atoms with van der Waals surface area (Å²) in [6.45, 7) is 1.86. The van der Waals surface area contributed by atoms with E-state index in [4.69, 9.17) is 8.92 Å². The van der Waals surface area contributed by atoms with Crippen LogP contribution in [0, 0.1) is 6.92 Å². The highest BCUT2D eigenvalue weighted by Crippen LogP contribution is 2.24. The number of hydrogen-bond acceptors (Lipinski definition) is 5. The first kappa shape index (κ1) is 14.4. The number of methoxy groups -OCH3 is 1. The molecule has 1 aromatic carbocycles. The standard InChI is InChI=1S/C13H15NO5S/c1-8-5-10-9(6-11(8)18-3)13(15)12(7-14(10)2)19-20(4,16)17/h5-7H,1-4H3. The van der Waals surface area contributed by atoms with Gasteiger partial charge in [-0.3, -0.25) is 4.79 Å². The van der Waals surface area contributed by atoms with Gasteiger partial charge in [0.25, 0.3) is 0 Å². The third-order valence-corrected chi connectivity index (χ3v) is 3.40. The summed E-state index contributed by atoms with van der Waals surface area (Å²) in [5.41, 5.74) is 1.07. The molecule has 0 radical (unpaired) electrons. The minimum Gasteiger partial charge on any atom is -0.496 e. The van der Waals surface area contributed by atoms with E-state index in [9.17, 15) is 13.2 Å². The monoisotopic (exact) mass is 297 g/mol. The quantitative estimate of drug-likeness (QED) is 0.796. The second kappa shape index (κ2) is 4.82. The van der Waals surface area contributed by atoms with Crippen LogP contribution in [0.2, 0.25) is 0 Å². The maximum Gasteiger partial charge on any atom is 0.306 e. The van der Waals surface area contributed by atoms with Gasteiger partial charge in [-0.25, -0.2) is 0 Å². The minimum atomic E-state index is -3.75.